The monoisotopic (exact) mass is 226 g/mol. The summed E-state index contributed by atoms with van der Waals surface area (Å²) in [5.74, 6) is -0.934. The number of carbonyl (C=O) groups excluding carboxylic acids is 2. The fourth-order valence-electron chi connectivity index (χ4n) is 1.34. The van der Waals surface area contributed by atoms with Crippen LogP contribution in [0.25, 0.3) is 0 Å². The maximum absolute atomic E-state index is 12.6. The van der Waals surface area contributed by atoms with E-state index in [0.717, 1.165) is 13.2 Å². The summed E-state index contributed by atoms with van der Waals surface area (Å²) in [4.78, 5) is 21.8. The van der Waals surface area contributed by atoms with Gasteiger partial charge in [0.25, 0.3) is 0 Å². The van der Waals surface area contributed by atoms with Crippen molar-refractivity contribution in [1.29, 1.82) is 0 Å². The van der Waals surface area contributed by atoms with E-state index < -0.39 is 16.7 Å². The van der Waals surface area contributed by atoms with Crippen LogP contribution >= 0.6 is 0 Å². The van der Waals surface area contributed by atoms with Gasteiger partial charge in [-0.1, -0.05) is 39.3 Å². The summed E-state index contributed by atoms with van der Waals surface area (Å²) in [6.45, 7) is 0.944. The Labute approximate surface area is 91.5 Å². The third kappa shape index (κ3) is 2.30. The van der Waals surface area contributed by atoms with Crippen molar-refractivity contribution in [2.24, 2.45) is 0 Å². The number of hydrogen-bond donors (Lipinski definition) is 0. The van der Waals surface area contributed by atoms with Gasteiger partial charge in [0.15, 0.2) is 5.78 Å². The smallest absolute Gasteiger partial charge is 0.234 e. The average Bonchev–Trinajstić information content (AvgIpc) is 2.26. The quantitative estimate of drug-likeness (QED) is 0.567. The highest BCUT2D eigenvalue weighted by molar-refractivity contribution is 6.01. The molecule has 0 aliphatic rings. The van der Waals surface area contributed by atoms with E-state index in [0.29, 0.717) is 5.56 Å². The topological polar surface area (TPSA) is 37.4 Å². The number of Topliss-reactive ketones (excluding diaryl/α,β-unsaturated/α-hetero) is 1. The van der Waals surface area contributed by atoms with Crippen LogP contribution in [0.1, 0.15) is 12.5 Å². The number of benzene rings is 1. The maximum atomic E-state index is 12.6. The molecular formula is C11H10F2NO2. The van der Waals surface area contributed by atoms with Crippen LogP contribution in [0.2, 0.25) is 0 Å². The minimum absolute atomic E-state index is 0.389. The second kappa shape index (κ2) is 4.94. The van der Waals surface area contributed by atoms with Gasteiger partial charge in [0.1, 0.15) is 0 Å². The van der Waals surface area contributed by atoms with Crippen LogP contribution in [0.15, 0.2) is 30.3 Å². The molecule has 3 nitrogen and oxygen atoms in total. The highest BCUT2D eigenvalue weighted by Gasteiger charge is 2.45. The first kappa shape index (κ1) is 12.4. The zero-order valence-corrected chi connectivity index (χ0v) is 8.61. The number of hydrogen-bond acceptors (Lipinski definition) is 3. The summed E-state index contributed by atoms with van der Waals surface area (Å²) in [6.07, 6.45) is 0.750. The molecule has 0 aliphatic heterocycles. The first-order chi connectivity index (χ1) is 7.53. The summed E-state index contributed by atoms with van der Waals surface area (Å²) in [7, 11) is 0. The lowest BCUT2D eigenvalue weighted by Gasteiger charge is -2.23. The number of carbonyl (C=O) groups is 1. The van der Waals surface area contributed by atoms with Gasteiger partial charge in [-0.3, -0.25) is 9.59 Å². The molecule has 1 rings (SSSR count). The third-order valence-corrected chi connectivity index (χ3v) is 2.34. The molecule has 0 saturated heterocycles. The number of nitrogens with zero attached hydrogens (tertiary/aromatic N) is 1. The van der Waals surface area contributed by atoms with Crippen molar-refractivity contribution in [2.75, 3.05) is 0 Å². The zero-order valence-electron chi connectivity index (χ0n) is 8.61. The summed E-state index contributed by atoms with van der Waals surface area (Å²) in [5, 5.41) is -1.38. The van der Waals surface area contributed by atoms with Crippen molar-refractivity contribution in [2.45, 2.75) is 18.9 Å². The van der Waals surface area contributed by atoms with Crippen LogP contribution < -0.4 is 0 Å². The number of rotatable bonds is 5. The molecule has 1 atom stereocenters. The summed E-state index contributed by atoms with van der Waals surface area (Å²) in [6, 6.07) is 8.14. The molecule has 0 unspecified atom stereocenters. The SMILES string of the molecule is CC(=O)[C@@]([C]=O)(Cc1ccccc1)N(F)F. The lowest BCUT2D eigenvalue weighted by Crippen LogP contribution is -2.50. The van der Waals surface area contributed by atoms with Gasteiger partial charge in [0, 0.05) is 11.8 Å². The molecule has 0 N–H and O–H groups in total. The summed E-state index contributed by atoms with van der Waals surface area (Å²) in [5.41, 5.74) is -2.03. The second-order valence-electron chi connectivity index (χ2n) is 3.41. The molecule has 0 fully saturated rings. The zero-order chi connectivity index (χ0) is 12.2. The van der Waals surface area contributed by atoms with Crippen LogP contribution in [0, 0.1) is 0 Å². The highest BCUT2D eigenvalue weighted by Crippen LogP contribution is 2.21. The molecule has 0 bridgehead atoms. The van der Waals surface area contributed by atoms with Gasteiger partial charge >= 0.3 is 0 Å². The Hall–Kier alpha value is -1.62. The predicted molar refractivity (Wildman–Crippen MR) is 53.3 cm³/mol. The van der Waals surface area contributed by atoms with E-state index in [9.17, 15) is 18.6 Å². The van der Waals surface area contributed by atoms with Crippen molar-refractivity contribution >= 4 is 12.1 Å². The molecule has 0 saturated carbocycles. The standard InChI is InChI=1S/C11H10F2NO2/c1-9(16)11(8-15,14(12)13)7-10-5-3-2-4-6-10/h2-6H,7H2,1H3/t11-/m0/s1. The van der Waals surface area contributed by atoms with E-state index >= 15 is 0 Å². The van der Waals surface area contributed by atoms with Gasteiger partial charge < -0.3 is 0 Å². The first-order valence-corrected chi connectivity index (χ1v) is 4.59. The Balaban J connectivity index is 3.04. The van der Waals surface area contributed by atoms with Crippen molar-refractivity contribution in [1.82, 2.24) is 5.34 Å². The van der Waals surface area contributed by atoms with Gasteiger partial charge in [-0.2, -0.15) is 0 Å². The van der Waals surface area contributed by atoms with Gasteiger partial charge in [0.05, 0.1) is 0 Å². The molecular weight excluding hydrogens is 216 g/mol. The van der Waals surface area contributed by atoms with Gasteiger partial charge in [-0.25, -0.2) is 0 Å². The lowest BCUT2D eigenvalue weighted by molar-refractivity contribution is -0.207. The van der Waals surface area contributed by atoms with E-state index in [1.54, 1.807) is 30.3 Å². The van der Waals surface area contributed by atoms with Gasteiger partial charge in [-0.15, -0.1) is 0 Å². The van der Waals surface area contributed by atoms with Crippen LogP contribution in [0.5, 0.6) is 0 Å². The molecule has 5 heteroatoms. The predicted octanol–water partition coefficient (Wildman–Crippen LogP) is 1.74. The van der Waals surface area contributed by atoms with Crippen LogP contribution in [-0.4, -0.2) is 23.0 Å². The Morgan fingerprint density at radius 2 is 1.94 bits per heavy atom. The summed E-state index contributed by atoms with van der Waals surface area (Å²) < 4.78 is 25.3. The van der Waals surface area contributed by atoms with E-state index in [2.05, 4.69) is 0 Å². The van der Waals surface area contributed by atoms with Gasteiger partial charge in [0.2, 0.25) is 11.8 Å². The summed E-state index contributed by atoms with van der Waals surface area (Å²) >= 11 is 0. The number of halogens is 2. The Morgan fingerprint density at radius 1 is 1.38 bits per heavy atom. The molecule has 0 spiro atoms. The van der Waals surface area contributed by atoms with Crippen molar-refractivity contribution in [3.05, 3.63) is 35.9 Å². The maximum Gasteiger partial charge on any atom is 0.234 e. The Bertz CT molecular complexity index is 381. The van der Waals surface area contributed by atoms with E-state index in [-0.39, 0.29) is 6.42 Å². The Kier molecular flexibility index (Phi) is 3.84. The van der Waals surface area contributed by atoms with E-state index in [4.69, 9.17) is 0 Å². The van der Waals surface area contributed by atoms with Gasteiger partial charge in [-0.05, 0) is 12.5 Å². The molecule has 0 amide bonds. The van der Waals surface area contributed by atoms with Crippen molar-refractivity contribution in [3.8, 4) is 0 Å². The first-order valence-electron chi connectivity index (χ1n) is 4.59. The third-order valence-electron chi connectivity index (χ3n) is 2.34. The van der Waals surface area contributed by atoms with Crippen LogP contribution in [-0.2, 0) is 16.0 Å². The molecule has 0 aliphatic carbocycles. The molecule has 85 valence electrons. The van der Waals surface area contributed by atoms with Crippen molar-refractivity contribution in [3.63, 3.8) is 0 Å². The second-order valence-corrected chi connectivity index (χ2v) is 3.41. The lowest BCUT2D eigenvalue weighted by atomic mass is 9.89. The molecule has 1 aromatic carbocycles. The van der Waals surface area contributed by atoms with E-state index in [1.165, 1.54) is 0 Å². The highest BCUT2D eigenvalue weighted by atomic mass is 19.4. The van der Waals surface area contributed by atoms with Crippen LogP contribution in [0.3, 0.4) is 0 Å². The Morgan fingerprint density at radius 3 is 2.31 bits per heavy atom. The molecule has 0 aromatic heterocycles. The van der Waals surface area contributed by atoms with Crippen molar-refractivity contribution < 1.29 is 18.6 Å². The number of ketones is 1. The fourth-order valence-corrected chi connectivity index (χ4v) is 1.34. The molecule has 0 heterocycles. The minimum atomic E-state index is -2.50. The minimum Gasteiger partial charge on any atom is -0.297 e. The average molecular weight is 226 g/mol. The van der Waals surface area contributed by atoms with E-state index in [1.807, 2.05) is 0 Å². The largest absolute Gasteiger partial charge is 0.297 e. The fraction of sp³-hybridized carbons (Fsp3) is 0.273. The van der Waals surface area contributed by atoms with Crippen LogP contribution in [0.4, 0.5) is 8.96 Å². The molecule has 1 radical (unpaired) electrons. The normalized spacial score (nSPS) is 14.5. The molecule has 16 heavy (non-hydrogen) atoms. The molecule has 1 aromatic rings.